The molecular formula is C28H36F3N5O2. The molecule has 0 bridgehead atoms. The fourth-order valence-corrected chi connectivity index (χ4v) is 4.66. The third-order valence-electron chi connectivity index (χ3n) is 6.57. The number of benzene rings is 1. The molecular weight excluding hydrogens is 495 g/mol. The SMILES string of the molecule is CN(C)CCCOc1ccc(-c2ccc3ncc4c(c3c2)CCN(CC(F)(F)F)CCCOCN4C)cn1. The number of ether oxygens (including phenoxy) is 2. The van der Waals surface area contributed by atoms with Gasteiger partial charge in [0.15, 0.2) is 0 Å². The maximum absolute atomic E-state index is 13.2. The molecule has 206 valence electrons. The molecule has 4 rings (SSSR count). The van der Waals surface area contributed by atoms with Crippen LogP contribution in [0.4, 0.5) is 18.9 Å². The molecule has 0 radical (unpaired) electrons. The van der Waals surface area contributed by atoms with Crippen molar-refractivity contribution in [3.05, 3.63) is 48.3 Å². The molecule has 0 unspecified atom stereocenters. The summed E-state index contributed by atoms with van der Waals surface area (Å²) in [7, 11) is 5.98. The zero-order valence-electron chi connectivity index (χ0n) is 22.3. The van der Waals surface area contributed by atoms with Gasteiger partial charge in [0.1, 0.15) is 6.73 Å². The number of halogens is 3. The number of rotatable bonds is 7. The Hall–Kier alpha value is -2.95. The lowest BCUT2D eigenvalue weighted by atomic mass is 9.99. The van der Waals surface area contributed by atoms with Crippen molar-refractivity contribution in [1.82, 2.24) is 19.8 Å². The summed E-state index contributed by atoms with van der Waals surface area (Å²) in [5, 5.41) is 0.919. The molecule has 0 aliphatic carbocycles. The minimum atomic E-state index is -4.25. The van der Waals surface area contributed by atoms with E-state index in [-0.39, 0.29) is 0 Å². The highest BCUT2D eigenvalue weighted by Gasteiger charge is 2.30. The number of anilines is 1. The molecule has 10 heteroatoms. The minimum absolute atomic E-state index is 0.297. The van der Waals surface area contributed by atoms with Gasteiger partial charge in [-0.25, -0.2) is 4.98 Å². The van der Waals surface area contributed by atoms with Crippen molar-refractivity contribution < 1.29 is 22.6 Å². The van der Waals surface area contributed by atoms with Crippen molar-refractivity contribution in [3.8, 4) is 17.0 Å². The van der Waals surface area contributed by atoms with Gasteiger partial charge in [-0.1, -0.05) is 6.07 Å². The molecule has 0 atom stereocenters. The summed E-state index contributed by atoms with van der Waals surface area (Å²) in [5.74, 6) is 0.579. The van der Waals surface area contributed by atoms with Crippen molar-refractivity contribution in [2.24, 2.45) is 0 Å². The summed E-state index contributed by atoms with van der Waals surface area (Å²) >= 11 is 0. The number of nitrogens with zero attached hydrogens (tertiary/aromatic N) is 5. The zero-order valence-corrected chi connectivity index (χ0v) is 22.3. The Kier molecular flexibility index (Phi) is 9.40. The van der Waals surface area contributed by atoms with Gasteiger partial charge < -0.3 is 19.3 Å². The van der Waals surface area contributed by atoms with Crippen molar-refractivity contribution in [3.63, 3.8) is 0 Å². The first-order chi connectivity index (χ1) is 18.2. The van der Waals surface area contributed by atoms with Crippen molar-refractivity contribution in [2.75, 3.05) is 72.2 Å². The van der Waals surface area contributed by atoms with E-state index in [2.05, 4.69) is 20.9 Å². The number of hydrogen-bond donors (Lipinski definition) is 0. The third-order valence-corrected chi connectivity index (χ3v) is 6.57. The van der Waals surface area contributed by atoms with Gasteiger partial charge in [0.25, 0.3) is 0 Å². The Labute approximate surface area is 222 Å². The first-order valence-electron chi connectivity index (χ1n) is 12.9. The van der Waals surface area contributed by atoms with Crippen LogP contribution in [0.15, 0.2) is 42.7 Å². The second-order valence-corrected chi connectivity index (χ2v) is 9.97. The summed E-state index contributed by atoms with van der Waals surface area (Å²) in [6, 6.07) is 9.83. The van der Waals surface area contributed by atoms with Crippen molar-refractivity contribution in [1.29, 1.82) is 0 Å². The number of pyridine rings is 2. The van der Waals surface area contributed by atoms with Gasteiger partial charge in [0.2, 0.25) is 5.88 Å². The molecule has 0 spiro atoms. The van der Waals surface area contributed by atoms with Gasteiger partial charge in [0, 0.05) is 49.9 Å². The number of fused-ring (bicyclic) bond motifs is 3. The molecule has 0 saturated heterocycles. The highest BCUT2D eigenvalue weighted by atomic mass is 19.4. The number of alkyl halides is 3. The monoisotopic (exact) mass is 531 g/mol. The molecule has 3 aromatic rings. The van der Waals surface area contributed by atoms with Crippen LogP contribution in [0.2, 0.25) is 0 Å². The summed E-state index contributed by atoms with van der Waals surface area (Å²) < 4.78 is 51.2. The highest BCUT2D eigenvalue weighted by Crippen LogP contribution is 2.32. The summed E-state index contributed by atoms with van der Waals surface area (Å²) in [6.45, 7) is 2.00. The van der Waals surface area contributed by atoms with Gasteiger partial charge in [0.05, 0.1) is 37.2 Å². The van der Waals surface area contributed by atoms with E-state index in [0.717, 1.165) is 46.2 Å². The summed E-state index contributed by atoms with van der Waals surface area (Å²) in [6.07, 6.45) is 1.26. The van der Waals surface area contributed by atoms with Crippen molar-refractivity contribution in [2.45, 2.75) is 25.4 Å². The summed E-state index contributed by atoms with van der Waals surface area (Å²) in [5.41, 5.74) is 4.51. The van der Waals surface area contributed by atoms with Crippen molar-refractivity contribution >= 4 is 16.6 Å². The van der Waals surface area contributed by atoms with Crippen LogP contribution >= 0.6 is 0 Å². The quantitative estimate of drug-likeness (QED) is 0.404. The van der Waals surface area contributed by atoms with E-state index in [1.165, 1.54) is 4.90 Å². The largest absolute Gasteiger partial charge is 0.478 e. The molecule has 3 heterocycles. The van der Waals surface area contributed by atoms with E-state index in [9.17, 15) is 13.2 Å². The number of hydrogen-bond acceptors (Lipinski definition) is 7. The topological polar surface area (TPSA) is 54.0 Å². The Morgan fingerprint density at radius 2 is 1.87 bits per heavy atom. The maximum atomic E-state index is 13.2. The van der Waals surface area contributed by atoms with Crippen LogP contribution in [0.3, 0.4) is 0 Å². The second-order valence-electron chi connectivity index (χ2n) is 9.97. The Balaban J connectivity index is 1.61. The molecule has 38 heavy (non-hydrogen) atoms. The molecule has 0 N–H and O–H groups in total. The van der Waals surface area contributed by atoms with Gasteiger partial charge in [-0.15, -0.1) is 0 Å². The molecule has 1 aromatic carbocycles. The Morgan fingerprint density at radius 1 is 1.05 bits per heavy atom. The van der Waals surface area contributed by atoms with E-state index in [4.69, 9.17) is 9.47 Å². The third kappa shape index (κ3) is 7.78. The Bertz CT molecular complexity index is 1190. The molecule has 2 aromatic heterocycles. The highest BCUT2D eigenvalue weighted by molar-refractivity contribution is 5.90. The lowest BCUT2D eigenvalue weighted by Crippen LogP contribution is -2.36. The van der Waals surface area contributed by atoms with Crippen LogP contribution in [0, 0.1) is 0 Å². The maximum Gasteiger partial charge on any atom is 0.401 e. The number of aromatic nitrogens is 2. The van der Waals surface area contributed by atoms with Gasteiger partial charge >= 0.3 is 6.18 Å². The predicted molar refractivity (Wildman–Crippen MR) is 144 cm³/mol. The summed E-state index contributed by atoms with van der Waals surface area (Å²) in [4.78, 5) is 14.7. The minimum Gasteiger partial charge on any atom is -0.478 e. The van der Waals surface area contributed by atoms with E-state index < -0.39 is 12.7 Å². The first kappa shape index (κ1) is 28.1. The second kappa shape index (κ2) is 12.7. The van der Waals surface area contributed by atoms with E-state index in [1.54, 1.807) is 12.4 Å². The van der Waals surface area contributed by atoms with Crippen LogP contribution < -0.4 is 9.64 Å². The average Bonchev–Trinajstić information content (AvgIpc) is 2.91. The fourth-order valence-electron chi connectivity index (χ4n) is 4.66. The van der Waals surface area contributed by atoms with E-state index in [1.807, 2.05) is 50.3 Å². The molecule has 0 fully saturated rings. The van der Waals surface area contributed by atoms with E-state index in [0.29, 0.717) is 51.8 Å². The first-order valence-corrected chi connectivity index (χ1v) is 12.9. The lowest BCUT2D eigenvalue weighted by Gasteiger charge is -2.25. The fraction of sp³-hybridized carbons (Fsp3) is 0.500. The van der Waals surface area contributed by atoms with Crippen LogP contribution in [0.1, 0.15) is 18.4 Å². The van der Waals surface area contributed by atoms with Crippen LogP contribution in [-0.2, 0) is 11.2 Å². The molecule has 7 nitrogen and oxygen atoms in total. The van der Waals surface area contributed by atoms with Crippen LogP contribution in [0.25, 0.3) is 22.0 Å². The zero-order chi connectivity index (χ0) is 27.1. The standard InChI is InChI=1S/C28H36F3N5O2/c1-34(2)11-4-15-38-27-9-7-22(17-33-27)21-6-8-25-24(16-21)23-10-13-36(19-28(29,30)31)12-5-14-37-20-35(3)26(23)18-32-25/h6-9,16-18H,4-5,10-15,19-20H2,1-3H3. The molecule has 1 aliphatic rings. The average molecular weight is 532 g/mol. The van der Waals surface area contributed by atoms with Gasteiger partial charge in [-0.2, -0.15) is 13.2 Å². The molecule has 0 saturated carbocycles. The smallest absolute Gasteiger partial charge is 0.401 e. The lowest BCUT2D eigenvalue weighted by molar-refractivity contribution is -0.146. The van der Waals surface area contributed by atoms with Gasteiger partial charge in [-0.05, 0) is 62.7 Å². The van der Waals surface area contributed by atoms with E-state index >= 15 is 0 Å². The van der Waals surface area contributed by atoms with Crippen LogP contribution in [0.5, 0.6) is 5.88 Å². The predicted octanol–water partition coefficient (Wildman–Crippen LogP) is 4.85. The van der Waals surface area contributed by atoms with Gasteiger partial charge in [-0.3, -0.25) is 9.88 Å². The normalized spacial score (nSPS) is 15.9. The van der Waals surface area contributed by atoms with Crippen LogP contribution in [-0.4, -0.2) is 93.2 Å². The molecule has 1 aliphatic heterocycles. The Morgan fingerprint density at radius 3 is 2.61 bits per heavy atom. The molecule has 0 amide bonds.